The van der Waals surface area contributed by atoms with Gasteiger partial charge in [-0.1, -0.05) is 30.3 Å². The lowest BCUT2D eigenvalue weighted by atomic mass is 10.2. The third-order valence-electron chi connectivity index (χ3n) is 1.83. The predicted molar refractivity (Wildman–Crippen MR) is 52.7 cm³/mol. The maximum absolute atomic E-state index is 11.3. The third-order valence-corrected chi connectivity index (χ3v) is 2.95. The van der Waals surface area contributed by atoms with Gasteiger partial charge in [0.25, 0.3) is 0 Å². The Bertz CT molecular complexity index is 565. The minimum atomic E-state index is -3.17. The molecule has 0 aliphatic carbocycles. The summed E-state index contributed by atoms with van der Waals surface area (Å²) in [7, 11) is -3.17. The van der Waals surface area contributed by atoms with Gasteiger partial charge in [0.05, 0.1) is 0 Å². The fourth-order valence-electron chi connectivity index (χ4n) is 1.24. The molecule has 0 N–H and O–H groups in total. The van der Waals surface area contributed by atoms with Crippen LogP contribution in [0.4, 0.5) is 0 Å². The van der Waals surface area contributed by atoms with Crippen molar-refractivity contribution in [1.29, 1.82) is 0 Å². The number of fused-ring (bicyclic) bond motifs is 1. The second kappa shape index (κ2) is 2.85. The van der Waals surface area contributed by atoms with E-state index >= 15 is 0 Å². The second-order valence-electron chi connectivity index (χ2n) is 2.83. The molecule has 1 aromatic rings. The number of hydrogen-bond donors (Lipinski definition) is 0. The van der Waals surface area contributed by atoms with E-state index in [4.69, 9.17) is 0 Å². The van der Waals surface area contributed by atoms with Crippen molar-refractivity contribution < 1.29 is 8.42 Å². The van der Waals surface area contributed by atoms with Gasteiger partial charge in [-0.2, -0.15) is 0 Å². The standard InChI is InChI=1S/C10H8O2S/c11-13(12)7-3-6-9-4-1-2-5-10(9)8-13/h1-8H. The van der Waals surface area contributed by atoms with Crippen molar-refractivity contribution in [1.82, 2.24) is 0 Å². The van der Waals surface area contributed by atoms with Crippen LogP contribution in [0.1, 0.15) is 0 Å². The van der Waals surface area contributed by atoms with Crippen LogP contribution in [0.5, 0.6) is 0 Å². The highest BCUT2D eigenvalue weighted by molar-refractivity contribution is 8.01. The van der Waals surface area contributed by atoms with E-state index in [1.54, 1.807) is 18.2 Å². The molecule has 2 rings (SSSR count). The van der Waals surface area contributed by atoms with Crippen LogP contribution in [0.2, 0.25) is 0 Å². The first kappa shape index (κ1) is 8.26. The van der Waals surface area contributed by atoms with Crippen LogP contribution in [-0.4, -0.2) is 8.42 Å². The van der Waals surface area contributed by atoms with Gasteiger partial charge in [-0.05, 0) is 16.5 Å². The molecule has 0 unspecified atom stereocenters. The summed E-state index contributed by atoms with van der Waals surface area (Å²) >= 11 is 0. The Morgan fingerprint density at radius 2 is 1.69 bits per heavy atom. The average Bonchev–Trinajstić information content (AvgIpc) is 2.21. The summed E-state index contributed by atoms with van der Waals surface area (Å²) in [5.74, 6) is 0. The van der Waals surface area contributed by atoms with Crippen LogP contribution < -0.4 is 10.4 Å². The van der Waals surface area contributed by atoms with Gasteiger partial charge in [-0.25, -0.2) is 8.42 Å². The Morgan fingerprint density at radius 3 is 2.46 bits per heavy atom. The quantitative estimate of drug-likeness (QED) is 0.586. The van der Waals surface area contributed by atoms with E-state index < -0.39 is 9.84 Å². The maximum atomic E-state index is 11.3. The summed E-state index contributed by atoms with van der Waals surface area (Å²) < 4.78 is 22.5. The third kappa shape index (κ3) is 1.70. The van der Waals surface area contributed by atoms with E-state index in [0.717, 1.165) is 10.4 Å². The predicted octanol–water partition coefficient (Wildman–Crippen LogP) is 0.147. The van der Waals surface area contributed by atoms with E-state index in [2.05, 4.69) is 0 Å². The van der Waals surface area contributed by atoms with Crippen LogP contribution >= 0.6 is 0 Å². The van der Waals surface area contributed by atoms with Gasteiger partial charge in [0.15, 0.2) is 9.84 Å². The molecule has 0 spiro atoms. The van der Waals surface area contributed by atoms with Gasteiger partial charge < -0.3 is 0 Å². The highest BCUT2D eigenvalue weighted by atomic mass is 32.2. The number of rotatable bonds is 0. The van der Waals surface area contributed by atoms with Crippen LogP contribution in [0.25, 0.3) is 11.5 Å². The number of benzene rings is 1. The lowest BCUT2D eigenvalue weighted by Crippen LogP contribution is -2.23. The largest absolute Gasteiger partial charge is 0.220 e. The lowest BCUT2D eigenvalue weighted by molar-refractivity contribution is 0.614. The van der Waals surface area contributed by atoms with E-state index in [1.165, 1.54) is 10.8 Å². The molecule has 2 nitrogen and oxygen atoms in total. The molecule has 0 bridgehead atoms. The molecule has 0 saturated carbocycles. The Kier molecular flexibility index (Phi) is 1.81. The molecule has 0 atom stereocenters. The Balaban J connectivity index is 2.93. The summed E-state index contributed by atoms with van der Waals surface area (Å²) in [6, 6.07) is 7.38. The van der Waals surface area contributed by atoms with E-state index in [-0.39, 0.29) is 0 Å². The van der Waals surface area contributed by atoms with Gasteiger partial charge in [-0.15, -0.1) is 0 Å². The van der Waals surface area contributed by atoms with Crippen molar-refractivity contribution in [3.05, 3.63) is 46.2 Å². The molecule has 66 valence electrons. The molecule has 1 aliphatic heterocycles. The smallest absolute Gasteiger partial charge is 0.193 e. The lowest BCUT2D eigenvalue weighted by Gasteiger charge is -1.87. The number of allylic oxidation sites excluding steroid dienone is 1. The molecule has 0 radical (unpaired) electrons. The van der Waals surface area contributed by atoms with Crippen molar-refractivity contribution in [3.63, 3.8) is 0 Å². The SMILES string of the molecule is O=S1(=O)C=CC=c2ccccc2=C1. The fraction of sp³-hybridized carbons (Fsp3) is 0. The van der Waals surface area contributed by atoms with Crippen LogP contribution in [0.15, 0.2) is 35.7 Å². The molecule has 1 heterocycles. The Hall–Kier alpha value is -1.35. The van der Waals surface area contributed by atoms with Crippen LogP contribution in [0.3, 0.4) is 0 Å². The van der Waals surface area contributed by atoms with Gasteiger partial charge in [0, 0.05) is 10.8 Å². The summed E-state index contributed by atoms with van der Waals surface area (Å²) in [5, 5.41) is 4.15. The zero-order valence-electron chi connectivity index (χ0n) is 6.84. The molecule has 13 heavy (non-hydrogen) atoms. The van der Waals surface area contributed by atoms with Crippen molar-refractivity contribution >= 4 is 21.3 Å². The zero-order valence-corrected chi connectivity index (χ0v) is 7.66. The summed E-state index contributed by atoms with van der Waals surface area (Å²) in [4.78, 5) is 0. The van der Waals surface area contributed by atoms with Crippen LogP contribution in [0, 0.1) is 0 Å². The first-order valence-electron chi connectivity index (χ1n) is 3.88. The molecular formula is C10H8O2S. The van der Waals surface area contributed by atoms with Crippen molar-refractivity contribution in [2.75, 3.05) is 0 Å². The summed E-state index contributed by atoms with van der Waals surface area (Å²) in [6.45, 7) is 0. The molecule has 1 aliphatic rings. The van der Waals surface area contributed by atoms with Gasteiger partial charge in [0.2, 0.25) is 0 Å². The number of hydrogen-bond acceptors (Lipinski definition) is 2. The molecule has 0 fully saturated rings. The fourth-order valence-corrected chi connectivity index (χ4v) is 2.18. The first-order valence-corrected chi connectivity index (χ1v) is 5.49. The highest BCUT2D eigenvalue weighted by Crippen LogP contribution is 1.96. The monoisotopic (exact) mass is 192 g/mol. The Labute approximate surface area is 76.4 Å². The van der Waals surface area contributed by atoms with Crippen molar-refractivity contribution in [2.45, 2.75) is 0 Å². The molecular weight excluding hydrogens is 184 g/mol. The van der Waals surface area contributed by atoms with E-state index in [1.807, 2.05) is 18.2 Å². The molecule has 3 heteroatoms. The Morgan fingerprint density at radius 1 is 1.00 bits per heavy atom. The second-order valence-corrected chi connectivity index (χ2v) is 4.52. The summed E-state index contributed by atoms with van der Waals surface area (Å²) in [6.07, 6.45) is 3.34. The topological polar surface area (TPSA) is 34.1 Å². The molecule has 0 saturated heterocycles. The normalized spacial score (nSPS) is 17.8. The zero-order chi connectivity index (χ0) is 9.31. The average molecular weight is 192 g/mol. The maximum Gasteiger partial charge on any atom is 0.193 e. The van der Waals surface area contributed by atoms with E-state index in [0.29, 0.717) is 0 Å². The molecule has 1 aromatic carbocycles. The van der Waals surface area contributed by atoms with Gasteiger partial charge >= 0.3 is 0 Å². The minimum Gasteiger partial charge on any atom is -0.220 e. The van der Waals surface area contributed by atoms with Crippen LogP contribution in [-0.2, 0) is 9.84 Å². The van der Waals surface area contributed by atoms with Gasteiger partial charge in [0.1, 0.15) is 0 Å². The highest BCUT2D eigenvalue weighted by Gasteiger charge is 2.01. The molecule has 0 aromatic heterocycles. The number of sulfone groups is 1. The first-order chi connectivity index (χ1) is 6.17. The summed E-state index contributed by atoms with van der Waals surface area (Å²) in [5.41, 5.74) is 0. The van der Waals surface area contributed by atoms with Gasteiger partial charge in [-0.3, -0.25) is 0 Å². The minimum absolute atomic E-state index is 0.743. The van der Waals surface area contributed by atoms with E-state index in [9.17, 15) is 8.42 Å². The van der Waals surface area contributed by atoms with Crippen molar-refractivity contribution in [3.8, 4) is 0 Å². The molecule has 0 amide bonds. The van der Waals surface area contributed by atoms with Crippen molar-refractivity contribution in [2.24, 2.45) is 0 Å².